The van der Waals surface area contributed by atoms with E-state index >= 15 is 0 Å². The fraction of sp³-hybridized carbons (Fsp3) is 0.400. The third-order valence-corrected chi connectivity index (χ3v) is 5.01. The molecule has 1 aliphatic heterocycles. The van der Waals surface area contributed by atoms with E-state index in [2.05, 4.69) is 5.32 Å². The average Bonchev–Trinajstić information content (AvgIpc) is 2.61. The second-order valence-electron chi connectivity index (χ2n) is 7.13. The molecule has 1 fully saturated rings. The van der Waals surface area contributed by atoms with Crippen LogP contribution in [0.2, 0.25) is 0 Å². The lowest BCUT2D eigenvalue weighted by atomic mass is 9.91. The van der Waals surface area contributed by atoms with E-state index in [9.17, 15) is 19.1 Å². The van der Waals surface area contributed by atoms with Gasteiger partial charge in [-0.1, -0.05) is 37.3 Å². The van der Waals surface area contributed by atoms with Gasteiger partial charge in [0.1, 0.15) is 5.82 Å². The largest absolute Gasteiger partial charge is 0.481 e. The molecule has 0 saturated carbocycles. The van der Waals surface area contributed by atoms with Crippen LogP contribution < -0.4 is 5.32 Å². The van der Waals surface area contributed by atoms with Crippen LogP contribution >= 0.6 is 0 Å². The summed E-state index contributed by atoms with van der Waals surface area (Å²) in [4.78, 5) is 25.5. The van der Waals surface area contributed by atoms with Crippen LogP contribution in [0, 0.1) is 17.7 Å². The maximum absolute atomic E-state index is 14.0. The highest BCUT2D eigenvalue weighted by molar-refractivity contribution is 5.87. The van der Waals surface area contributed by atoms with Gasteiger partial charge in [0, 0.05) is 18.5 Å². The zero-order valence-electron chi connectivity index (χ0n) is 14.9. The quantitative estimate of drug-likeness (QED) is 0.877. The topological polar surface area (TPSA) is 69.6 Å². The number of piperidine rings is 1. The number of amides is 2. The number of fused-ring (bicyclic) bond motifs is 1. The molecule has 26 heavy (non-hydrogen) atoms. The number of rotatable bonds is 3. The number of hydrogen-bond acceptors (Lipinski definition) is 2. The number of carboxylic acid groups (broad SMARTS) is 1. The molecule has 138 valence electrons. The SMILES string of the molecule is CC1CC(C(=O)O)CN(C(=O)NC(C)c2ccc(F)c3ccccc23)C1. The molecule has 1 saturated heterocycles. The maximum Gasteiger partial charge on any atom is 0.317 e. The fourth-order valence-electron chi connectivity index (χ4n) is 3.71. The van der Waals surface area contributed by atoms with Gasteiger partial charge in [-0.15, -0.1) is 0 Å². The summed E-state index contributed by atoms with van der Waals surface area (Å²) in [5.74, 6) is -1.56. The lowest BCUT2D eigenvalue weighted by Crippen LogP contribution is -2.49. The molecule has 6 heteroatoms. The Morgan fingerprint density at radius 1 is 1.19 bits per heavy atom. The Morgan fingerprint density at radius 3 is 2.58 bits per heavy atom. The number of carbonyl (C=O) groups is 2. The van der Waals surface area contributed by atoms with E-state index in [0.717, 1.165) is 10.9 Å². The summed E-state index contributed by atoms with van der Waals surface area (Å²) in [7, 11) is 0. The molecule has 5 nitrogen and oxygen atoms in total. The highest BCUT2D eigenvalue weighted by Gasteiger charge is 2.32. The molecule has 3 unspecified atom stereocenters. The number of aliphatic carboxylic acids is 1. The number of carboxylic acids is 1. The first-order chi connectivity index (χ1) is 12.4. The normalized spacial score (nSPS) is 21.4. The molecule has 2 amide bonds. The van der Waals surface area contributed by atoms with Gasteiger partial charge in [-0.2, -0.15) is 0 Å². The molecule has 3 atom stereocenters. The van der Waals surface area contributed by atoms with Crippen molar-refractivity contribution in [3.63, 3.8) is 0 Å². The Bertz CT molecular complexity index is 839. The Labute approximate surface area is 151 Å². The zero-order valence-corrected chi connectivity index (χ0v) is 14.9. The summed E-state index contributed by atoms with van der Waals surface area (Å²) >= 11 is 0. The van der Waals surface area contributed by atoms with Crippen molar-refractivity contribution in [1.82, 2.24) is 10.2 Å². The Hall–Kier alpha value is -2.63. The van der Waals surface area contributed by atoms with Crippen LogP contribution in [0.25, 0.3) is 10.8 Å². The number of urea groups is 1. The molecule has 0 radical (unpaired) electrons. The minimum atomic E-state index is -0.869. The van der Waals surface area contributed by atoms with Gasteiger partial charge in [0.2, 0.25) is 0 Å². The van der Waals surface area contributed by atoms with Crippen LogP contribution in [0.3, 0.4) is 0 Å². The third-order valence-electron chi connectivity index (χ3n) is 5.01. The second-order valence-corrected chi connectivity index (χ2v) is 7.13. The van der Waals surface area contributed by atoms with Crippen molar-refractivity contribution in [2.75, 3.05) is 13.1 Å². The van der Waals surface area contributed by atoms with Crippen LogP contribution in [-0.4, -0.2) is 35.1 Å². The van der Waals surface area contributed by atoms with Crippen LogP contribution in [-0.2, 0) is 4.79 Å². The zero-order chi connectivity index (χ0) is 18.8. The summed E-state index contributed by atoms with van der Waals surface area (Å²) in [6.07, 6.45) is 0.581. The third kappa shape index (κ3) is 3.64. The molecule has 0 aromatic heterocycles. The molecule has 3 rings (SSSR count). The Balaban J connectivity index is 1.78. The first-order valence-electron chi connectivity index (χ1n) is 8.82. The number of nitrogens with one attached hydrogen (secondary N) is 1. The molecule has 1 heterocycles. The standard InChI is InChI=1S/C20H23FN2O3/c1-12-9-14(19(24)25)11-23(10-12)20(26)22-13(2)15-7-8-18(21)17-6-4-3-5-16(15)17/h3-8,12-14H,9-11H2,1-2H3,(H,22,26)(H,24,25). The fourth-order valence-corrected chi connectivity index (χ4v) is 3.71. The molecule has 2 aromatic rings. The van der Waals surface area contributed by atoms with Crippen molar-refractivity contribution in [3.05, 3.63) is 47.8 Å². The number of nitrogens with zero attached hydrogens (tertiary/aromatic N) is 1. The molecule has 2 N–H and O–H groups in total. The van der Waals surface area contributed by atoms with Crippen LogP contribution in [0.1, 0.15) is 31.9 Å². The molecule has 0 spiro atoms. The van der Waals surface area contributed by atoms with Gasteiger partial charge in [-0.3, -0.25) is 4.79 Å². The van der Waals surface area contributed by atoms with Crippen molar-refractivity contribution in [2.45, 2.75) is 26.3 Å². The van der Waals surface area contributed by atoms with Gasteiger partial charge in [0.25, 0.3) is 0 Å². The van der Waals surface area contributed by atoms with Crippen LogP contribution in [0.5, 0.6) is 0 Å². The highest BCUT2D eigenvalue weighted by Crippen LogP contribution is 2.27. The number of benzene rings is 2. The highest BCUT2D eigenvalue weighted by atomic mass is 19.1. The summed E-state index contributed by atoms with van der Waals surface area (Å²) in [6, 6.07) is 9.64. The average molecular weight is 358 g/mol. The molecule has 0 bridgehead atoms. The lowest BCUT2D eigenvalue weighted by Gasteiger charge is -2.35. The predicted molar refractivity (Wildman–Crippen MR) is 97.3 cm³/mol. The minimum absolute atomic E-state index is 0.137. The van der Waals surface area contributed by atoms with E-state index in [4.69, 9.17) is 0 Å². The first-order valence-corrected chi connectivity index (χ1v) is 8.82. The van der Waals surface area contributed by atoms with Crippen LogP contribution in [0.15, 0.2) is 36.4 Å². The second kappa shape index (κ2) is 7.32. The predicted octanol–water partition coefficient (Wildman–Crippen LogP) is 3.79. The molecule has 1 aliphatic rings. The first kappa shape index (κ1) is 18.2. The van der Waals surface area contributed by atoms with E-state index in [0.29, 0.717) is 18.4 Å². The summed E-state index contributed by atoms with van der Waals surface area (Å²) < 4.78 is 14.0. The van der Waals surface area contributed by atoms with E-state index < -0.39 is 11.9 Å². The van der Waals surface area contributed by atoms with Gasteiger partial charge < -0.3 is 15.3 Å². The van der Waals surface area contributed by atoms with Crippen molar-refractivity contribution in [2.24, 2.45) is 11.8 Å². The maximum atomic E-state index is 14.0. The van der Waals surface area contributed by atoms with Gasteiger partial charge >= 0.3 is 12.0 Å². The van der Waals surface area contributed by atoms with Crippen LogP contribution in [0.4, 0.5) is 9.18 Å². The molecular formula is C20H23FN2O3. The van der Waals surface area contributed by atoms with Gasteiger partial charge in [0.15, 0.2) is 0 Å². The summed E-state index contributed by atoms with van der Waals surface area (Å²) in [6.45, 7) is 4.54. The van der Waals surface area contributed by atoms with Crippen molar-refractivity contribution in [3.8, 4) is 0 Å². The molecule has 0 aliphatic carbocycles. The minimum Gasteiger partial charge on any atom is -0.481 e. The molecule has 2 aromatic carbocycles. The van der Waals surface area contributed by atoms with Crippen molar-refractivity contribution >= 4 is 22.8 Å². The number of carbonyl (C=O) groups excluding carboxylic acids is 1. The smallest absolute Gasteiger partial charge is 0.317 e. The number of hydrogen-bond donors (Lipinski definition) is 2. The van der Waals surface area contributed by atoms with Gasteiger partial charge in [-0.25, -0.2) is 9.18 Å². The van der Waals surface area contributed by atoms with E-state index in [1.807, 2.05) is 26.0 Å². The Kier molecular flexibility index (Phi) is 5.11. The summed E-state index contributed by atoms with van der Waals surface area (Å²) in [5, 5.41) is 13.5. The van der Waals surface area contributed by atoms with E-state index in [1.54, 1.807) is 23.1 Å². The lowest BCUT2D eigenvalue weighted by molar-refractivity contribution is -0.143. The Morgan fingerprint density at radius 2 is 1.88 bits per heavy atom. The number of halogens is 1. The monoisotopic (exact) mass is 358 g/mol. The summed E-state index contributed by atoms with van der Waals surface area (Å²) in [5.41, 5.74) is 0.829. The van der Waals surface area contributed by atoms with Crippen molar-refractivity contribution < 1.29 is 19.1 Å². The van der Waals surface area contributed by atoms with Gasteiger partial charge in [0.05, 0.1) is 12.0 Å². The van der Waals surface area contributed by atoms with E-state index in [1.165, 1.54) is 6.07 Å². The van der Waals surface area contributed by atoms with Crippen molar-refractivity contribution in [1.29, 1.82) is 0 Å². The van der Waals surface area contributed by atoms with E-state index in [-0.39, 0.29) is 30.4 Å². The van der Waals surface area contributed by atoms with Gasteiger partial charge in [-0.05, 0) is 36.3 Å². The molecular weight excluding hydrogens is 335 g/mol. The number of likely N-dealkylation sites (tertiary alicyclic amines) is 1.